The van der Waals surface area contributed by atoms with Gasteiger partial charge < -0.3 is 4.90 Å². The largest absolute Gasteiger partial charge is 0.324 e. The van der Waals surface area contributed by atoms with E-state index in [1.165, 1.54) is 5.56 Å². The minimum atomic E-state index is -3.11. The van der Waals surface area contributed by atoms with Crippen LogP contribution in [0.15, 0.2) is 24.3 Å². The fourth-order valence-corrected chi connectivity index (χ4v) is 6.67. The van der Waals surface area contributed by atoms with Crippen LogP contribution in [0.2, 0.25) is 0 Å². The Hall–Kier alpha value is -1.56. The van der Waals surface area contributed by atoms with Crippen LogP contribution in [0.1, 0.15) is 37.7 Å². The molecule has 2 fully saturated rings. The Bertz CT molecular complexity index is 753. The molecule has 0 unspecified atom stereocenters. The normalized spacial score (nSPS) is 24.8. The third-order valence-electron chi connectivity index (χ3n) is 5.92. The van der Waals surface area contributed by atoms with Crippen LogP contribution in [0.5, 0.6) is 0 Å². The van der Waals surface area contributed by atoms with Crippen LogP contribution >= 0.6 is 0 Å². The van der Waals surface area contributed by atoms with E-state index in [0.29, 0.717) is 32.5 Å². The van der Waals surface area contributed by atoms with Gasteiger partial charge in [-0.3, -0.25) is 4.90 Å². The molecule has 24 heavy (non-hydrogen) atoms. The lowest BCUT2D eigenvalue weighted by molar-refractivity contribution is 0.187. The Morgan fingerprint density at radius 2 is 1.79 bits per heavy atom. The second kappa shape index (κ2) is 5.76. The quantitative estimate of drug-likeness (QED) is 0.724. The summed E-state index contributed by atoms with van der Waals surface area (Å²) in [5.74, 6) is 0.105. The van der Waals surface area contributed by atoms with Gasteiger partial charge in [-0.1, -0.05) is 37.5 Å². The second-order valence-electron chi connectivity index (χ2n) is 7.30. The van der Waals surface area contributed by atoms with Gasteiger partial charge in [-0.2, -0.15) is 0 Å². The zero-order chi connectivity index (χ0) is 16.8. The van der Waals surface area contributed by atoms with E-state index in [1.54, 1.807) is 4.90 Å². The minimum Gasteiger partial charge on any atom is -0.322 e. The first-order valence-corrected chi connectivity index (χ1v) is 10.5. The van der Waals surface area contributed by atoms with Gasteiger partial charge in [0.15, 0.2) is 9.84 Å². The Labute approximate surface area is 143 Å². The molecular formula is C18H24N2O3S. The molecule has 4 rings (SSSR count). The number of sulfone groups is 1. The van der Waals surface area contributed by atoms with Gasteiger partial charge in [0.1, 0.15) is 0 Å². The Morgan fingerprint density at radius 3 is 2.58 bits per heavy atom. The number of carbonyl (C=O) groups excluding carboxylic acids is 1. The summed E-state index contributed by atoms with van der Waals surface area (Å²) in [7, 11) is -3.11. The maximum atomic E-state index is 13.1. The highest BCUT2D eigenvalue weighted by Gasteiger charge is 2.49. The molecule has 0 aromatic heterocycles. The molecule has 2 heterocycles. The van der Waals surface area contributed by atoms with Crippen molar-refractivity contribution >= 4 is 21.6 Å². The summed E-state index contributed by atoms with van der Waals surface area (Å²) >= 11 is 0. The first-order chi connectivity index (χ1) is 11.5. The van der Waals surface area contributed by atoms with Crippen molar-refractivity contribution in [2.45, 2.75) is 43.3 Å². The molecule has 2 amide bonds. The maximum Gasteiger partial charge on any atom is 0.324 e. The number of hydrogen-bond acceptors (Lipinski definition) is 3. The van der Waals surface area contributed by atoms with Crippen LogP contribution in [-0.2, 0) is 16.3 Å². The van der Waals surface area contributed by atoms with Crippen molar-refractivity contribution in [2.75, 3.05) is 30.3 Å². The topological polar surface area (TPSA) is 57.7 Å². The fourth-order valence-electron chi connectivity index (χ4n) is 4.51. The lowest BCUT2D eigenvalue weighted by Gasteiger charge is -2.45. The molecule has 3 aliphatic rings. The molecule has 0 radical (unpaired) electrons. The second-order valence-corrected chi connectivity index (χ2v) is 9.80. The van der Waals surface area contributed by atoms with Crippen LogP contribution < -0.4 is 4.90 Å². The molecule has 5 nitrogen and oxygen atoms in total. The van der Waals surface area contributed by atoms with E-state index in [9.17, 15) is 13.2 Å². The number of nitrogens with zero attached hydrogens (tertiary/aromatic N) is 2. The fraction of sp³-hybridized carbons (Fsp3) is 0.611. The van der Waals surface area contributed by atoms with Gasteiger partial charge in [-0.15, -0.1) is 0 Å². The van der Waals surface area contributed by atoms with Gasteiger partial charge in [-0.25, -0.2) is 13.2 Å². The SMILES string of the molecule is O=C(N1CCS(=O)(=O)C2(CCCCC2)C1)N1CCc2ccccc21. The van der Waals surface area contributed by atoms with Gasteiger partial charge in [0, 0.05) is 25.3 Å². The van der Waals surface area contributed by atoms with Crippen molar-refractivity contribution in [3.63, 3.8) is 0 Å². The molecule has 1 aromatic carbocycles. The van der Waals surface area contributed by atoms with Gasteiger partial charge in [0.2, 0.25) is 0 Å². The van der Waals surface area contributed by atoms with Gasteiger partial charge in [0.25, 0.3) is 0 Å². The molecule has 6 heteroatoms. The number of amides is 2. The van der Waals surface area contributed by atoms with Gasteiger partial charge in [-0.05, 0) is 30.9 Å². The lowest BCUT2D eigenvalue weighted by atomic mass is 9.87. The van der Waals surface area contributed by atoms with E-state index in [2.05, 4.69) is 6.07 Å². The third kappa shape index (κ3) is 2.42. The number of carbonyl (C=O) groups is 1. The molecule has 0 bridgehead atoms. The zero-order valence-corrected chi connectivity index (χ0v) is 14.7. The highest BCUT2D eigenvalue weighted by atomic mass is 32.2. The molecule has 2 aliphatic heterocycles. The van der Waals surface area contributed by atoms with Crippen LogP contribution in [-0.4, -0.2) is 49.5 Å². The number of rotatable bonds is 0. The first-order valence-electron chi connectivity index (χ1n) is 8.89. The zero-order valence-electron chi connectivity index (χ0n) is 13.9. The average Bonchev–Trinajstić information content (AvgIpc) is 3.02. The number of urea groups is 1. The van der Waals surface area contributed by atoms with Crippen LogP contribution in [0.3, 0.4) is 0 Å². The molecule has 0 atom stereocenters. The predicted molar refractivity (Wildman–Crippen MR) is 94.1 cm³/mol. The predicted octanol–water partition coefficient (Wildman–Crippen LogP) is 2.60. The summed E-state index contributed by atoms with van der Waals surface area (Å²) < 4.78 is 24.7. The van der Waals surface area contributed by atoms with Gasteiger partial charge >= 0.3 is 6.03 Å². The Balaban J connectivity index is 1.58. The smallest absolute Gasteiger partial charge is 0.322 e. The summed E-state index contributed by atoms with van der Waals surface area (Å²) in [6, 6.07) is 7.97. The molecule has 130 valence electrons. The number of para-hydroxylation sites is 1. The number of benzene rings is 1. The highest BCUT2D eigenvalue weighted by Crippen LogP contribution is 2.39. The third-order valence-corrected chi connectivity index (χ3v) is 8.50. The summed E-state index contributed by atoms with van der Waals surface area (Å²) in [6.07, 6.45) is 5.29. The number of hydrogen-bond donors (Lipinski definition) is 0. The summed E-state index contributed by atoms with van der Waals surface area (Å²) in [4.78, 5) is 16.7. The number of fused-ring (bicyclic) bond motifs is 1. The maximum absolute atomic E-state index is 13.1. The highest BCUT2D eigenvalue weighted by molar-refractivity contribution is 7.92. The van der Waals surface area contributed by atoms with Crippen LogP contribution in [0.4, 0.5) is 10.5 Å². The Kier molecular flexibility index (Phi) is 3.82. The van der Waals surface area contributed by atoms with E-state index in [1.807, 2.05) is 23.1 Å². The van der Waals surface area contributed by atoms with Crippen LogP contribution in [0.25, 0.3) is 0 Å². The lowest BCUT2D eigenvalue weighted by Crippen LogP contribution is -2.60. The molecule has 1 aromatic rings. The van der Waals surface area contributed by atoms with Crippen molar-refractivity contribution in [1.82, 2.24) is 4.90 Å². The minimum absolute atomic E-state index is 0.0280. The monoisotopic (exact) mass is 348 g/mol. The molecule has 0 N–H and O–H groups in total. The molecule has 1 spiro atoms. The Morgan fingerprint density at radius 1 is 1.04 bits per heavy atom. The van der Waals surface area contributed by atoms with E-state index in [-0.39, 0.29) is 11.8 Å². The molecule has 1 aliphatic carbocycles. The van der Waals surface area contributed by atoms with E-state index < -0.39 is 14.6 Å². The summed E-state index contributed by atoms with van der Waals surface area (Å²) in [5.41, 5.74) is 2.18. The molecular weight excluding hydrogens is 324 g/mol. The first kappa shape index (κ1) is 15.9. The van der Waals surface area contributed by atoms with Crippen molar-refractivity contribution in [2.24, 2.45) is 0 Å². The van der Waals surface area contributed by atoms with E-state index in [4.69, 9.17) is 0 Å². The van der Waals surface area contributed by atoms with Crippen LogP contribution in [0, 0.1) is 0 Å². The van der Waals surface area contributed by atoms with Crippen molar-refractivity contribution < 1.29 is 13.2 Å². The number of anilines is 1. The van der Waals surface area contributed by atoms with Gasteiger partial charge in [0.05, 0.1) is 10.5 Å². The molecule has 1 saturated heterocycles. The van der Waals surface area contributed by atoms with E-state index >= 15 is 0 Å². The van der Waals surface area contributed by atoms with Crippen molar-refractivity contribution in [1.29, 1.82) is 0 Å². The van der Waals surface area contributed by atoms with Crippen molar-refractivity contribution in [3.05, 3.63) is 29.8 Å². The molecule has 1 saturated carbocycles. The summed E-state index contributed by atoms with van der Waals surface area (Å²) in [6.45, 7) is 1.38. The van der Waals surface area contributed by atoms with E-state index in [0.717, 1.165) is 31.4 Å². The van der Waals surface area contributed by atoms with Crippen molar-refractivity contribution in [3.8, 4) is 0 Å². The average molecular weight is 348 g/mol. The standard InChI is InChI=1S/C18H24N2O3S/c21-17(20-11-8-15-6-2-3-7-16(15)20)19-12-13-24(22,23)18(14-19)9-4-1-5-10-18/h2-3,6-7H,1,4-5,8-14H2. The summed E-state index contributed by atoms with van der Waals surface area (Å²) in [5, 5.41) is 0.